The molecule has 2 aromatic carbocycles. The van der Waals surface area contributed by atoms with Gasteiger partial charge in [0.05, 0.1) is 5.75 Å². The number of carbonyl (C=O) groups is 1. The Morgan fingerprint density at radius 3 is 2.57 bits per heavy atom. The Hall–Kier alpha value is -2.61. The fourth-order valence-electron chi connectivity index (χ4n) is 2.89. The first-order valence-electron chi connectivity index (χ1n) is 9.30. The molecule has 0 aliphatic rings. The molecule has 0 saturated carbocycles. The van der Waals surface area contributed by atoms with E-state index < -0.39 is 0 Å². The number of hydrogen-bond donors (Lipinski definition) is 1. The Labute approximate surface area is 188 Å². The summed E-state index contributed by atoms with van der Waals surface area (Å²) in [6, 6.07) is 19.4. The molecule has 0 radical (unpaired) electrons. The normalized spacial score (nSPS) is 10.9. The molecule has 4 rings (SSSR count). The Balaban J connectivity index is 1.53. The Morgan fingerprint density at radius 2 is 1.87 bits per heavy atom. The third kappa shape index (κ3) is 5.11. The maximum Gasteiger partial charge on any atom is 0.234 e. The lowest BCUT2D eigenvalue weighted by molar-refractivity contribution is -0.113. The second kappa shape index (κ2) is 9.47. The van der Waals surface area contributed by atoms with Crippen LogP contribution in [0.4, 0.5) is 5.69 Å². The minimum atomic E-state index is -0.111. The summed E-state index contributed by atoms with van der Waals surface area (Å²) in [6.07, 6.45) is 0.691. The van der Waals surface area contributed by atoms with Gasteiger partial charge in [0, 0.05) is 27.7 Å². The maximum absolute atomic E-state index is 12.4. The highest BCUT2D eigenvalue weighted by Crippen LogP contribution is 2.25. The van der Waals surface area contributed by atoms with Crippen molar-refractivity contribution in [3.63, 3.8) is 0 Å². The molecule has 30 heavy (non-hydrogen) atoms. The summed E-state index contributed by atoms with van der Waals surface area (Å²) in [6.45, 7) is 2.05. The molecule has 5 nitrogen and oxygen atoms in total. The van der Waals surface area contributed by atoms with Crippen LogP contribution in [-0.4, -0.2) is 26.4 Å². The minimum absolute atomic E-state index is 0.111. The van der Waals surface area contributed by atoms with E-state index in [0.717, 1.165) is 11.5 Å². The number of thiophene rings is 1. The van der Waals surface area contributed by atoms with Crippen LogP contribution >= 0.6 is 34.7 Å². The van der Waals surface area contributed by atoms with Gasteiger partial charge in [0.1, 0.15) is 5.82 Å². The molecule has 1 N–H and O–H groups in total. The predicted molar refractivity (Wildman–Crippen MR) is 124 cm³/mol. The third-order valence-electron chi connectivity index (χ3n) is 4.37. The highest BCUT2D eigenvalue weighted by Gasteiger charge is 2.17. The number of thioether (sulfide) groups is 1. The van der Waals surface area contributed by atoms with Gasteiger partial charge >= 0.3 is 0 Å². The average molecular weight is 455 g/mol. The van der Waals surface area contributed by atoms with Gasteiger partial charge in [-0.05, 0) is 54.8 Å². The monoisotopic (exact) mass is 454 g/mol. The van der Waals surface area contributed by atoms with Crippen LogP contribution in [-0.2, 0) is 11.2 Å². The summed E-state index contributed by atoms with van der Waals surface area (Å²) in [5.74, 6) is 0.966. The molecule has 0 spiro atoms. The molecule has 8 heteroatoms. The van der Waals surface area contributed by atoms with Crippen molar-refractivity contribution in [2.75, 3.05) is 11.1 Å². The number of aryl methyl sites for hydroxylation is 1. The summed E-state index contributed by atoms with van der Waals surface area (Å²) < 4.78 is 2.03. The molecule has 0 atom stereocenters. The average Bonchev–Trinajstić information content (AvgIpc) is 3.39. The molecule has 0 aliphatic heterocycles. The lowest BCUT2D eigenvalue weighted by Gasteiger charge is -2.10. The van der Waals surface area contributed by atoms with Crippen molar-refractivity contribution >= 4 is 46.3 Å². The predicted octanol–water partition coefficient (Wildman–Crippen LogP) is 5.61. The van der Waals surface area contributed by atoms with E-state index in [1.54, 1.807) is 35.6 Å². The van der Waals surface area contributed by atoms with Crippen molar-refractivity contribution in [1.29, 1.82) is 0 Å². The molecule has 1 amide bonds. The fourth-order valence-corrected chi connectivity index (χ4v) is 4.49. The zero-order valence-corrected chi connectivity index (χ0v) is 18.6. The van der Waals surface area contributed by atoms with E-state index in [2.05, 4.69) is 58.1 Å². The molecule has 0 bridgehead atoms. The Bertz CT molecular complexity index is 1120. The third-order valence-corrected chi connectivity index (χ3v) is 6.42. The molecule has 2 heterocycles. The zero-order valence-electron chi connectivity index (χ0n) is 16.2. The van der Waals surface area contributed by atoms with Crippen molar-refractivity contribution in [3.05, 3.63) is 87.3 Å². The van der Waals surface area contributed by atoms with Crippen LogP contribution < -0.4 is 5.32 Å². The lowest BCUT2D eigenvalue weighted by Crippen LogP contribution is -2.14. The zero-order chi connectivity index (χ0) is 20.9. The van der Waals surface area contributed by atoms with Gasteiger partial charge in [-0.15, -0.1) is 21.5 Å². The van der Waals surface area contributed by atoms with E-state index in [0.29, 0.717) is 22.3 Å². The Morgan fingerprint density at radius 1 is 1.10 bits per heavy atom. The first kappa shape index (κ1) is 20.7. The largest absolute Gasteiger partial charge is 0.325 e. The van der Waals surface area contributed by atoms with Crippen molar-refractivity contribution in [3.8, 4) is 5.69 Å². The number of aromatic nitrogens is 3. The van der Waals surface area contributed by atoms with E-state index in [1.165, 1.54) is 22.2 Å². The van der Waals surface area contributed by atoms with E-state index >= 15 is 0 Å². The van der Waals surface area contributed by atoms with Gasteiger partial charge in [0.25, 0.3) is 0 Å². The van der Waals surface area contributed by atoms with E-state index in [4.69, 9.17) is 11.6 Å². The number of anilines is 1. The number of hydrogen-bond acceptors (Lipinski definition) is 5. The van der Waals surface area contributed by atoms with Crippen LogP contribution in [0.3, 0.4) is 0 Å². The van der Waals surface area contributed by atoms with Crippen molar-refractivity contribution in [2.45, 2.75) is 18.5 Å². The minimum Gasteiger partial charge on any atom is -0.325 e. The highest BCUT2D eigenvalue weighted by molar-refractivity contribution is 7.99. The summed E-state index contributed by atoms with van der Waals surface area (Å²) in [5.41, 5.74) is 2.88. The number of nitrogens with zero attached hydrogens (tertiary/aromatic N) is 3. The quantitative estimate of drug-likeness (QED) is 0.368. The van der Waals surface area contributed by atoms with Gasteiger partial charge in [0.15, 0.2) is 5.16 Å². The van der Waals surface area contributed by atoms with Crippen LogP contribution in [0.1, 0.15) is 16.3 Å². The van der Waals surface area contributed by atoms with Gasteiger partial charge in [0.2, 0.25) is 5.91 Å². The van der Waals surface area contributed by atoms with Crippen LogP contribution in [0, 0.1) is 6.92 Å². The van der Waals surface area contributed by atoms with Gasteiger partial charge in [-0.25, -0.2) is 0 Å². The summed E-state index contributed by atoms with van der Waals surface area (Å²) in [4.78, 5) is 13.6. The van der Waals surface area contributed by atoms with E-state index in [1.807, 2.05) is 10.6 Å². The van der Waals surface area contributed by atoms with Gasteiger partial charge in [-0.3, -0.25) is 9.36 Å². The number of amides is 1. The first-order valence-corrected chi connectivity index (χ1v) is 11.5. The van der Waals surface area contributed by atoms with Crippen molar-refractivity contribution in [1.82, 2.24) is 14.8 Å². The number of carbonyl (C=O) groups excluding carboxylic acids is 1. The lowest BCUT2D eigenvalue weighted by atomic mass is 10.2. The molecule has 0 unspecified atom stereocenters. The molecule has 152 valence electrons. The summed E-state index contributed by atoms with van der Waals surface area (Å²) >= 11 is 8.95. The van der Waals surface area contributed by atoms with E-state index in [9.17, 15) is 4.79 Å². The molecule has 0 aliphatic carbocycles. The first-order chi connectivity index (χ1) is 14.6. The second-order valence-electron chi connectivity index (χ2n) is 6.67. The van der Waals surface area contributed by atoms with Crippen LogP contribution in [0.2, 0.25) is 5.02 Å². The molecular formula is C22H19ClN4OS2. The van der Waals surface area contributed by atoms with Crippen LogP contribution in [0.15, 0.2) is 71.2 Å². The number of halogens is 1. The van der Waals surface area contributed by atoms with Crippen LogP contribution in [0.5, 0.6) is 0 Å². The van der Waals surface area contributed by atoms with Crippen molar-refractivity contribution in [2.24, 2.45) is 0 Å². The SMILES string of the molecule is Cc1ccc(-n2c(Cc3cccs3)nnc2SCC(=O)Nc2ccc(Cl)cc2)cc1. The van der Waals surface area contributed by atoms with Crippen LogP contribution in [0.25, 0.3) is 5.69 Å². The summed E-state index contributed by atoms with van der Waals surface area (Å²) in [7, 11) is 0. The standard InChI is InChI=1S/C22H19ClN4OS2/c1-15-4-10-18(11-5-15)27-20(13-19-3-2-12-29-19)25-26-22(27)30-14-21(28)24-17-8-6-16(23)7-9-17/h2-12H,13-14H2,1H3,(H,24,28). The molecule has 0 saturated heterocycles. The maximum atomic E-state index is 12.4. The Kier molecular flexibility index (Phi) is 6.52. The highest BCUT2D eigenvalue weighted by atomic mass is 35.5. The molecule has 2 aromatic heterocycles. The van der Waals surface area contributed by atoms with E-state index in [-0.39, 0.29) is 11.7 Å². The smallest absolute Gasteiger partial charge is 0.234 e. The topological polar surface area (TPSA) is 59.8 Å². The number of nitrogens with one attached hydrogen (secondary N) is 1. The number of benzene rings is 2. The van der Waals surface area contributed by atoms with Gasteiger partial charge in [-0.1, -0.05) is 47.1 Å². The fraction of sp³-hybridized carbons (Fsp3) is 0.136. The molecular weight excluding hydrogens is 436 g/mol. The second-order valence-corrected chi connectivity index (χ2v) is 9.08. The van der Waals surface area contributed by atoms with Gasteiger partial charge in [-0.2, -0.15) is 0 Å². The van der Waals surface area contributed by atoms with Gasteiger partial charge < -0.3 is 5.32 Å². The molecule has 4 aromatic rings. The van der Waals surface area contributed by atoms with Crippen molar-refractivity contribution < 1.29 is 4.79 Å². The number of rotatable bonds is 7. The molecule has 0 fully saturated rings. The summed E-state index contributed by atoms with van der Waals surface area (Å²) in [5, 5.41) is 15.0.